The van der Waals surface area contributed by atoms with Gasteiger partial charge in [-0.3, -0.25) is 39.6 Å². The predicted molar refractivity (Wildman–Crippen MR) is 125 cm³/mol. The van der Waals surface area contributed by atoms with Crippen LogP contribution in [0.2, 0.25) is 0 Å². The molecule has 0 saturated heterocycles. The van der Waals surface area contributed by atoms with Crippen LogP contribution in [-0.2, 0) is 28.8 Å². The lowest BCUT2D eigenvalue weighted by Gasteiger charge is -2.24. The van der Waals surface area contributed by atoms with Crippen molar-refractivity contribution in [2.45, 2.75) is 77.4 Å². The number of rotatable bonds is 17. The number of aliphatic carboxylic acids is 1. The molecule has 212 valence electrons. The van der Waals surface area contributed by atoms with E-state index in [0.29, 0.717) is 15.2 Å². The number of carboxylic acids is 1. The fourth-order valence-electron chi connectivity index (χ4n) is 3.03. The van der Waals surface area contributed by atoms with Crippen LogP contribution in [0.3, 0.4) is 0 Å². The van der Waals surface area contributed by atoms with E-state index in [1.165, 1.54) is 0 Å². The van der Waals surface area contributed by atoms with Crippen molar-refractivity contribution >= 4 is 35.5 Å². The van der Waals surface area contributed by atoms with E-state index in [9.17, 15) is 49.5 Å². The monoisotopic (exact) mass is 534 g/mol. The minimum atomic E-state index is -1.39. The molecule has 0 spiro atoms. The average Bonchev–Trinajstić information content (AvgIpc) is 2.81. The number of hydroxylamine groups is 6. The first-order valence-electron chi connectivity index (χ1n) is 11.7. The molecule has 0 bridgehead atoms. The van der Waals surface area contributed by atoms with Gasteiger partial charge in [0.15, 0.2) is 0 Å². The highest BCUT2D eigenvalue weighted by atomic mass is 16.5. The highest BCUT2D eigenvalue weighted by Gasteiger charge is 2.28. The summed E-state index contributed by atoms with van der Waals surface area (Å²) in [5.41, 5.74) is 5.84. The third-order valence-electron chi connectivity index (χ3n) is 5.29. The summed E-state index contributed by atoms with van der Waals surface area (Å²) in [6.45, 7) is 3.03. The van der Waals surface area contributed by atoms with Crippen molar-refractivity contribution in [2.24, 2.45) is 5.73 Å². The molecule has 0 aromatic rings. The van der Waals surface area contributed by atoms with Gasteiger partial charge in [-0.1, -0.05) is 0 Å². The Bertz CT molecular complexity index is 811. The van der Waals surface area contributed by atoms with Crippen LogP contribution in [0.5, 0.6) is 0 Å². The molecule has 3 atom stereocenters. The Labute approximate surface area is 214 Å². The van der Waals surface area contributed by atoms with Gasteiger partial charge in [0.2, 0.25) is 29.5 Å². The van der Waals surface area contributed by atoms with Crippen LogP contribution >= 0.6 is 0 Å². The summed E-state index contributed by atoms with van der Waals surface area (Å²) in [5.74, 6) is -4.83. The van der Waals surface area contributed by atoms with Crippen LogP contribution in [0.4, 0.5) is 0 Å². The molecule has 0 saturated carbocycles. The van der Waals surface area contributed by atoms with Crippen molar-refractivity contribution in [1.29, 1.82) is 0 Å². The number of nitrogens with zero attached hydrogens (tertiary/aromatic N) is 3. The van der Waals surface area contributed by atoms with Gasteiger partial charge in [0, 0.05) is 40.4 Å². The number of carbonyl (C=O) groups excluding carboxylic acids is 5. The molecule has 0 aliphatic rings. The molecule has 0 heterocycles. The molecule has 37 heavy (non-hydrogen) atoms. The van der Waals surface area contributed by atoms with Crippen LogP contribution in [0, 0.1) is 0 Å². The first-order valence-corrected chi connectivity index (χ1v) is 11.7. The molecule has 0 aromatic carbocycles. The molecule has 0 radical (unpaired) electrons. The van der Waals surface area contributed by atoms with Gasteiger partial charge < -0.3 is 21.5 Å². The normalized spacial score (nSPS) is 13.1. The van der Waals surface area contributed by atoms with Gasteiger partial charge in [0.1, 0.15) is 12.1 Å². The second-order valence-corrected chi connectivity index (χ2v) is 8.42. The summed E-state index contributed by atoms with van der Waals surface area (Å²) in [6, 6.07) is -3.77. The minimum absolute atomic E-state index is 0.0510. The first-order chi connectivity index (χ1) is 17.2. The fraction of sp³-hybridized carbons (Fsp3) is 0.714. The van der Waals surface area contributed by atoms with Gasteiger partial charge in [0.05, 0.1) is 6.04 Å². The molecule has 16 heteroatoms. The molecule has 8 N–H and O–H groups in total. The van der Waals surface area contributed by atoms with Gasteiger partial charge in [-0.2, -0.15) is 0 Å². The predicted octanol–water partition coefficient (Wildman–Crippen LogP) is -1.58. The molecular formula is C21H38N6O10. The van der Waals surface area contributed by atoms with E-state index in [1.54, 1.807) is 0 Å². The van der Waals surface area contributed by atoms with Crippen molar-refractivity contribution in [3.05, 3.63) is 0 Å². The third-order valence-corrected chi connectivity index (χ3v) is 5.29. The molecule has 0 fully saturated rings. The topological polar surface area (TPSA) is 243 Å². The molecule has 16 nitrogen and oxygen atoms in total. The zero-order chi connectivity index (χ0) is 28.7. The van der Waals surface area contributed by atoms with Crippen molar-refractivity contribution in [3.8, 4) is 0 Å². The van der Waals surface area contributed by atoms with Gasteiger partial charge in [-0.05, 0) is 38.5 Å². The maximum Gasteiger partial charge on any atom is 0.326 e. The molecule has 0 aliphatic heterocycles. The summed E-state index contributed by atoms with van der Waals surface area (Å²) in [7, 11) is 0. The van der Waals surface area contributed by atoms with Crippen LogP contribution in [0.1, 0.15) is 59.3 Å². The first kappa shape index (κ1) is 33.7. The summed E-state index contributed by atoms with van der Waals surface area (Å²) >= 11 is 0. The maximum absolute atomic E-state index is 12.8. The number of hydrogen-bond donors (Lipinski definition) is 7. The fourth-order valence-corrected chi connectivity index (χ4v) is 3.03. The average molecular weight is 535 g/mol. The van der Waals surface area contributed by atoms with Crippen molar-refractivity contribution < 1.29 is 49.5 Å². The van der Waals surface area contributed by atoms with Gasteiger partial charge in [0.25, 0.3) is 0 Å². The summed E-state index contributed by atoms with van der Waals surface area (Å²) in [4.78, 5) is 70.3. The number of amides is 5. The minimum Gasteiger partial charge on any atom is -0.480 e. The quantitative estimate of drug-likeness (QED) is 0.0829. The van der Waals surface area contributed by atoms with Crippen molar-refractivity contribution in [3.63, 3.8) is 0 Å². The second-order valence-electron chi connectivity index (χ2n) is 8.42. The summed E-state index contributed by atoms with van der Waals surface area (Å²) in [6.07, 6.45) is 0.152. The molecule has 0 aliphatic carbocycles. The van der Waals surface area contributed by atoms with Crippen LogP contribution < -0.4 is 16.4 Å². The molecule has 0 unspecified atom stereocenters. The number of carbonyl (C=O) groups is 6. The van der Waals surface area contributed by atoms with E-state index in [0.717, 1.165) is 20.8 Å². The van der Waals surface area contributed by atoms with Crippen LogP contribution in [0.25, 0.3) is 0 Å². The van der Waals surface area contributed by atoms with Gasteiger partial charge in [-0.25, -0.2) is 20.0 Å². The smallest absolute Gasteiger partial charge is 0.326 e. The van der Waals surface area contributed by atoms with E-state index < -0.39 is 53.6 Å². The Kier molecular flexibility index (Phi) is 15.6. The lowest BCUT2D eigenvalue weighted by molar-refractivity contribution is -0.163. The second kappa shape index (κ2) is 17.2. The van der Waals surface area contributed by atoms with Crippen LogP contribution in [-0.4, -0.2) is 109 Å². The lowest BCUT2D eigenvalue weighted by Crippen LogP contribution is -2.54. The number of nitrogens with two attached hydrogens (primary N) is 1. The zero-order valence-corrected chi connectivity index (χ0v) is 21.3. The molecule has 5 amide bonds. The summed E-state index contributed by atoms with van der Waals surface area (Å²) < 4.78 is 0. The Morgan fingerprint density at radius 1 is 0.649 bits per heavy atom. The maximum atomic E-state index is 12.8. The number of hydrogen-bond acceptors (Lipinski definition) is 10. The van der Waals surface area contributed by atoms with Gasteiger partial charge in [-0.15, -0.1) is 0 Å². The Balaban J connectivity index is 5.22. The number of nitrogens with one attached hydrogen (secondary N) is 2. The lowest BCUT2D eigenvalue weighted by atomic mass is 10.1. The highest BCUT2D eigenvalue weighted by molar-refractivity contribution is 5.91. The van der Waals surface area contributed by atoms with Crippen LogP contribution in [0.15, 0.2) is 0 Å². The van der Waals surface area contributed by atoms with E-state index in [-0.39, 0.29) is 58.2 Å². The van der Waals surface area contributed by atoms with Crippen molar-refractivity contribution in [2.75, 3.05) is 19.6 Å². The molecule has 0 aromatic heterocycles. The third kappa shape index (κ3) is 14.1. The van der Waals surface area contributed by atoms with E-state index in [4.69, 9.17) is 5.73 Å². The van der Waals surface area contributed by atoms with Gasteiger partial charge >= 0.3 is 5.97 Å². The Hall–Kier alpha value is -3.34. The largest absolute Gasteiger partial charge is 0.480 e. The Morgan fingerprint density at radius 2 is 1.00 bits per heavy atom. The zero-order valence-electron chi connectivity index (χ0n) is 21.3. The molecule has 0 rings (SSSR count). The van der Waals surface area contributed by atoms with E-state index in [2.05, 4.69) is 10.6 Å². The van der Waals surface area contributed by atoms with E-state index in [1.807, 2.05) is 0 Å². The van der Waals surface area contributed by atoms with E-state index >= 15 is 0 Å². The Morgan fingerprint density at radius 3 is 1.38 bits per heavy atom. The summed E-state index contributed by atoms with van der Waals surface area (Å²) in [5, 5.41) is 43.8. The molecular weight excluding hydrogens is 496 g/mol. The van der Waals surface area contributed by atoms with Crippen molar-refractivity contribution in [1.82, 2.24) is 25.8 Å². The standard InChI is InChI=1S/C21H38N6O10/c1-13(28)25(35)10-4-7-16(22)19(31)23-17(8-5-11-26(36)14(2)29)20(32)24-18(21(33)34)9-6-12-27(37)15(3)30/h16-18,35-37H,4-12,22H2,1-3H3,(H,23,31)(H,24,32)(H,33,34)/t16-,17-,18-/m0/s1. The highest BCUT2D eigenvalue weighted by Crippen LogP contribution is 2.06. The SMILES string of the molecule is CC(=O)N(O)CCC[C@H](NC(=O)[C@H](CCCN(O)C(C)=O)NC(=O)[C@@H](N)CCCN(O)C(C)=O)C(=O)O. The number of carboxylic acid groups (broad SMARTS) is 1.